The van der Waals surface area contributed by atoms with Crippen molar-refractivity contribution in [1.82, 2.24) is 9.97 Å². The third kappa shape index (κ3) is 2.36. The lowest BCUT2D eigenvalue weighted by atomic mass is 10.2. The van der Waals surface area contributed by atoms with Crippen molar-refractivity contribution in [2.45, 2.75) is 6.54 Å². The lowest BCUT2D eigenvalue weighted by molar-refractivity contribution is 0.584. The van der Waals surface area contributed by atoms with Crippen molar-refractivity contribution < 1.29 is 8.78 Å². The van der Waals surface area contributed by atoms with Crippen LogP contribution in [0.25, 0.3) is 11.4 Å². The summed E-state index contributed by atoms with van der Waals surface area (Å²) >= 11 is 0. The Morgan fingerprint density at radius 2 is 1.88 bits per heavy atom. The van der Waals surface area contributed by atoms with Gasteiger partial charge in [-0.3, -0.25) is 4.79 Å². The van der Waals surface area contributed by atoms with Crippen LogP contribution >= 0.6 is 0 Å². The van der Waals surface area contributed by atoms with E-state index < -0.39 is 17.2 Å². The van der Waals surface area contributed by atoms with Crippen molar-refractivity contribution in [1.29, 1.82) is 0 Å². The Bertz CT molecular complexity index is 590. The number of hydrogen-bond acceptors (Lipinski definition) is 3. The molecule has 0 unspecified atom stereocenters. The van der Waals surface area contributed by atoms with Crippen LogP contribution in [0.5, 0.6) is 0 Å². The molecular formula is C11H9F2N3O. The van der Waals surface area contributed by atoms with Crippen molar-refractivity contribution >= 4 is 0 Å². The van der Waals surface area contributed by atoms with Gasteiger partial charge in [-0.25, -0.2) is 13.8 Å². The highest BCUT2D eigenvalue weighted by molar-refractivity contribution is 5.54. The Hall–Kier alpha value is -2.08. The summed E-state index contributed by atoms with van der Waals surface area (Å²) in [4.78, 5) is 17.8. The predicted octanol–water partition coefficient (Wildman–Crippen LogP) is 1.17. The fraction of sp³-hybridized carbons (Fsp3) is 0.0909. The molecular weight excluding hydrogens is 228 g/mol. The summed E-state index contributed by atoms with van der Waals surface area (Å²) in [5.41, 5.74) is 5.37. The van der Waals surface area contributed by atoms with Crippen LogP contribution in [0.4, 0.5) is 8.78 Å². The molecule has 0 saturated carbocycles. The summed E-state index contributed by atoms with van der Waals surface area (Å²) in [6, 6.07) is 2.92. The zero-order chi connectivity index (χ0) is 12.4. The van der Waals surface area contributed by atoms with Crippen LogP contribution in [0, 0.1) is 11.6 Å². The molecule has 6 heteroatoms. The number of nitrogens with zero attached hydrogens (tertiary/aromatic N) is 1. The molecule has 0 aliphatic carbocycles. The molecule has 0 fully saturated rings. The highest BCUT2D eigenvalue weighted by atomic mass is 19.1. The van der Waals surface area contributed by atoms with E-state index >= 15 is 0 Å². The summed E-state index contributed by atoms with van der Waals surface area (Å²) in [7, 11) is 0. The Labute approximate surface area is 95.1 Å². The van der Waals surface area contributed by atoms with E-state index in [0.29, 0.717) is 5.56 Å². The summed E-state index contributed by atoms with van der Waals surface area (Å²) in [6.45, 7) is 0.0557. The van der Waals surface area contributed by atoms with E-state index in [-0.39, 0.29) is 17.9 Å². The van der Waals surface area contributed by atoms with Crippen molar-refractivity contribution in [3.63, 3.8) is 0 Å². The molecule has 0 radical (unpaired) electrons. The molecule has 1 aromatic heterocycles. The molecule has 1 aromatic carbocycles. The van der Waals surface area contributed by atoms with Crippen molar-refractivity contribution in [2.24, 2.45) is 5.73 Å². The number of nitrogens with two attached hydrogens (primary N) is 1. The molecule has 0 bridgehead atoms. The topological polar surface area (TPSA) is 71.8 Å². The van der Waals surface area contributed by atoms with Gasteiger partial charge in [-0.15, -0.1) is 0 Å². The second-order valence-electron chi connectivity index (χ2n) is 3.45. The largest absolute Gasteiger partial charge is 0.326 e. The van der Waals surface area contributed by atoms with Crippen LogP contribution in [0.2, 0.25) is 0 Å². The number of benzene rings is 1. The molecule has 88 valence electrons. The van der Waals surface area contributed by atoms with E-state index in [2.05, 4.69) is 9.97 Å². The highest BCUT2D eigenvalue weighted by Gasteiger charge is 2.06. The monoisotopic (exact) mass is 237 g/mol. The molecule has 0 atom stereocenters. The number of rotatable bonds is 2. The van der Waals surface area contributed by atoms with E-state index in [9.17, 15) is 13.6 Å². The third-order valence-electron chi connectivity index (χ3n) is 2.23. The molecule has 2 rings (SSSR count). The first kappa shape index (κ1) is 11.4. The Morgan fingerprint density at radius 3 is 2.41 bits per heavy atom. The zero-order valence-corrected chi connectivity index (χ0v) is 8.71. The molecule has 0 amide bonds. The number of aromatic amines is 1. The number of hydrogen-bond donors (Lipinski definition) is 2. The highest BCUT2D eigenvalue weighted by Crippen LogP contribution is 2.16. The van der Waals surface area contributed by atoms with Gasteiger partial charge in [0.05, 0.1) is 0 Å². The predicted molar refractivity (Wildman–Crippen MR) is 58.1 cm³/mol. The first-order valence-electron chi connectivity index (χ1n) is 4.85. The maximum Gasteiger partial charge on any atom is 0.255 e. The maximum absolute atomic E-state index is 13.0. The van der Waals surface area contributed by atoms with Crippen LogP contribution in [0.15, 0.2) is 29.2 Å². The SMILES string of the molecule is NCc1cnc(-c2cc(F)cc(F)c2)[nH]c1=O. The summed E-state index contributed by atoms with van der Waals surface area (Å²) in [5, 5.41) is 0. The summed E-state index contributed by atoms with van der Waals surface area (Å²) < 4.78 is 26.0. The molecule has 0 spiro atoms. The van der Waals surface area contributed by atoms with Gasteiger partial charge in [0.25, 0.3) is 5.56 Å². The first-order valence-corrected chi connectivity index (χ1v) is 4.85. The third-order valence-corrected chi connectivity index (χ3v) is 2.23. The normalized spacial score (nSPS) is 10.5. The van der Waals surface area contributed by atoms with Crippen LogP contribution in [-0.2, 0) is 6.54 Å². The standard InChI is InChI=1S/C11H9F2N3O/c12-8-1-6(2-9(13)3-8)10-15-5-7(4-14)11(17)16-10/h1-3,5H,4,14H2,(H,15,16,17). The van der Waals surface area contributed by atoms with Gasteiger partial charge in [0.2, 0.25) is 0 Å². The smallest absolute Gasteiger partial charge is 0.255 e. The number of H-pyrrole nitrogens is 1. The molecule has 17 heavy (non-hydrogen) atoms. The molecule has 0 aliphatic rings. The first-order chi connectivity index (χ1) is 8.10. The summed E-state index contributed by atoms with van der Waals surface area (Å²) in [5.74, 6) is -1.36. The van der Waals surface area contributed by atoms with E-state index in [1.807, 2.05) is 0 Å². The second-order valence-corrected chi connectivity index (χ2v) is 3.45. The van der Waals surface area contributed by atoms with Crippen LogP contribution < -0.4 is 11.3 Å². The second kappa shape index (κ2) is 4.42. The molecule has 2 aromatic rings. The molecule has 1 heterocycles. The quantitative estimate of drug-likeness (QED) is 0.823. The lowest BCUT2D eigenvalue weighted by Gasteiger charge is -2.02. The molecule has 0 aliphatic heterocycles. The molecule has 0 saturated heterocycles. The molecule has 3 N–H and O–H groups in total. The minimum absolute atomic E-state index is 0.0557. The van der Waals surface area contributed by atoms with Crippen molar-refractivity contribution in [2.75, 3.05) is 0 Å². The maximum atomic E-state index is 13.0. The lowest BCUT2D eigenvalue weighted by Crippen LogP contribution is -2.17. The van der Waals surface area contributed by atoms with Crippen LogP contribution in [0.3, 0.4) is 0 Å². The zero-order valence-electron chi connectivity index (χ0n) is 8.71. The van der Waals surface area contributed by atoms with Gasteiger partial charge in [0.1, 0.15) is 17.5 Å². The Kier molecular flexibility index (Phi) is 2.97. The molecule has 4 nitrogen and oxygen atoms in total. The Balaban J connectivity index is 2.53. The Morgan fingerprint density at radius 1 is 1.24 bits per heavy atom. The van der Waals surface area contributed by atoms with Crippen molar-refractivity contribution in [3.05, 3.63) is 51.9 Å². The fourth-order valence-electron chi connectivity index (χ4n) is 1.40. The minimum Gasteiger partial charge on any atom is -0.326 e. The van der Waals surface area contributed by atoms with Crippen LogP contribution in [-0.4, -0.2) is 9.97 Å². The number of nitrogens with one attached hydrogen (secondary N) is 1. The van der Waals surface area contributed by atoms with Crippen LogP contribution in [0.1, 0.15) is 5.56 Å². The minimum atomic E-state index is -0.731. The number of halogens is 2. The van der Waals surface area contributed by atoms with Gasteiger partial charge < -0.3 is 10.7 Å². The average molecular weight is 237 g/mol. The van der Waals surface area contributed by atoms with Gasteiger partial charge in [-0.1, -0.05) is 0 Å². The van der Waals surface area contributed by atoms with Gasteiger partial charge >= 0.3 is 0 Å². The van der Waals surface area contributed by atoms with Gasteiger partial charge in [0.15, 0.2) is 0 Å². The van der Waals surface area contributed by atoms with E-state index in [1.54, 1.807) is 0 Å². The summed E-state index contributed by atoms with van der Waals surface area (Å²) in [6.07, 6.45) is 1.29. The van der Waals surface area contributed by atoms with E-state index in [0.717, 1.165) is 18.2 Å². The van der Waals surface area contributed by atoms with E-state index in [4.69, 9.17) is 5.73 Å². The van der Waals surface area contributed by atoms with Gasteiger partial charge in [0, 0.05) is 29.9 Å². The van der Waals surface area contributed by atoms with Gasteiger partial charge in [-0.05, 0) is 12.1 Å². The average Bonchev–Trinajstić information content (AvgIpc) is 2.27. The number of aromatic nitrogens is 2. The van der Waals surface area contributed by atoms with Crippen molar-refractivity contribution in [3.8, 4) is 11.4 Å². The fourth-order valence-corrected chi connectivity index (χ4v) is 1.40. The van der Waals surface area contributed by atoms with Gasteiger partial charge in [-0.2, -0.15) is 0 Å². The van der Waals surface area contributed by atoms with E-state index in [1.165, 1.54) is 6.20 Å².